The molecule has 4 heteroatoms. The van der Waals surface area contributed by atoms with E-state index in [-0.39, 0.29) is 0 Å². The minimum absolute atomic E-state index is 0.505. The molecule has 0 N–H and O–H groups in total. The molecular weight excluding hydrogens is 289 g/mol. The number of rotatable bonds is 4. The average molecular weight is 307 g/mol. The predicted octanol–water partition coefficient (Wildman–Crippen LogP) is 4.46. The minimum Gasteiger partial charge on any atom is -0.338 e. The van der Waals surface area contributed by atoms with Crippen molar-refractivity contribution in [3.63, 3.8) is 0 Å². The van der Waals surface area contributed by atoms with Gasteiger partial charge >= 0.3 is 0 Å². The molecular formula is C19H18FN3. The third kappa shape index (κ3) is 2.83. The molecule has 3 nitrogen and oxygen atoms in total. The summed E-state index contributed by atoms with van der Waals surface area (Å²) in [7, 11) is 0. The van der Waals surface area contributed by atoms with Crippen LogP contribution in [0, 0.1) is 11.3 Å². The number of halogens is 1. The van der Waals surface area contributed by atoms with Gasteiger partial charge in [-0.3, -0.25) is 0 Å². The van der Waals surface area contributed by atoms with Crippen molar-refractivity contribution in [2.45, 2.75) is 32.7 Å². The van der Waals surface area contributed by atoms with E-state index in [9.17, 15) is 4.39 Å². The number of aliphatic imine (C=N–C) groups is 1. The molecule has 0 radical (unpaired) electrons. The normalized spacial score (nSPS) is 14.4. The molecule has 0 saturated carbocycles. The van der Waals surface area contributed by atoms with Gasteiger partial charge in [-0.1, -0.05) is 6.08 Å². The Bertz CT molecular complexity index is 878. The lowest BCUT2D eigenvalue weighted by molar-refractivity contribution is 0.631. The van der Waals surface area contributed by atoms with Gasteiger partial charge in [0.1, 0.15) is 0 Å². The lowest BCUT2D eigenvalue weighted by Gasteiger charge is -2.10. The first-order valence-electron chi connectivity index (χ1n) is 7.72. The molecule has 1 aliphatic carbocycles. The average Bonchev–Trinajstić information content (AvgIpc) is 3.09. The molecule has 0 spiro atoms. The molecule has 0 saturated heterocycles. The zero-order valence-electron chi connectivity index (χ0n) is 13.1. The van der Waals surface area contributed by atoms with Gasteiger partial charge in [-0.2, -0.15) is 9.65 Å². The molecule has 0 atom stereocenters. The lowest BCUT2D eigenvalue weighted by Crippen LogP contribution is -2.10. The van der Waals surface area contributed by atoms with Crippen LogP contribution in [0.1, 0.15) is 30.2 Å². The van der Waals surface area contributed by atoms with Crippen LogP contribution in [0.25, 0.3) is 10.9 Å². The number of nitrogens with zero attached hydrogens (tertiary/aromatic N) is 3. The van der Waals surface area contributed by atoms with Gasteiger partial charge in [-0.15, -0.1) is 0 Å². The maximum Gasteiger partial charge on any atom is 0.205 e. The summed E-state index contributed by atoms with van der Waals surface area (Å²) < 4.78 is 15.3. The fraction of sp³-hybridized carbons (Fsp3) is 0.263. The standard InChI is InChI=1S/C19H18FN3/c1-3-5-15(22-13(2)20)12-23-18-7-4-6-16(18)17-10-14(11-21)8-9-19(17)23/h3,5,8-10H,2,4,6-7,12H2,1H3/b5-3-,22-15+. The van der Waals surface area contributed by atoms with Crippen LogP contribution in [-0.2, 0) is 19.4 Å². The number of aryl methyl sites for hydroxylation is 1. The maximum absolute atomic E-state index is 13.1. The van der Waals surface area contributed by atoms with Gasteiger partial charge in [0.2, 0.25) is 5.95 Å². The smallest absolute Gasteiger partial charge is 0.205 e. The van der Waals surface area contributed by atoms with Crippen molar-refractivity contribution in [3.05, 3.63) is 59.7 Å². The number of benzene rings is 1. The Morgan fingerprint density at radius 1 is 1.48 bits per heavy atom. The summed E-state index contributed by atoms with van der Waals surface area (Å²) >= 11 is 0. The third-order valence-electron chi connectivity index (χ3n) is 4.20. The van der Waals surface area contributed by atoms with Gasteiger partial charge in [0.05, 0.1) is 23.9 Å². The summed E-state index contributed by atoms with van der Waals surface area (Å²) in [5, 5.41) is 10.3. The Kier molecular flexibility index (Phi) is 4.12. The molecule has 0 bridgehead atoms. The lowest BCUT2D eigenvalue weighted by atomic mass is 10.1. The largest absolute Gasteiger partial charge is 0.338 e. The van der Waals surface area contributed by atoms with Crippen molar-refractivity contribution in [1.29, 1.82) is 5.26 Å². The predicted molar refractivity (Wildman–Crippen MR) is 91.2 cm³/mol. The number of fused-ring (bicyclic) bond motifs is 3. The van der Waals surface area contributed by atoms with Crippen molar-refractivity contribution in [1.82, 2.24) is 4.57 Å². The number of nitriles is 1. The fourth-order valence-corrected chi connectivity index (χ4v) is 3.36. The van der Waals surface area contributed by atoms with Gasteiger partial charge in [0.25, 0.3) is 0 Å². The number of hydrogen-bond acceptors (Lipinski definition) is 2. The first-order valence-corrected chi connectivity index (χ1v) is 7.72. The molecule has 2 aromatic rings. The topological polar surface area (TPSA) is 41.1 Å². The van der Waals surface area contributed by atoms with Gasteiger partial charge in [-0.25, -0.2) is 4.99 Å². The van der Waals surface area contributed by atoms with Crippen molar-refractivity contribution in [2.24, 2.45) is 4.99 Å². The number of aromatic nitrogens is 1. The zero-order valence-corrected chi connectivity index (χ0v) is 13.1. The van der Waals surface area contributed by atoms with Crippen LogP contribution in [0.4, 0.5) is 4.39 Å². The molecule has 1 heterocycles. The molecule has 1 aliphatic rings. The van der Waals surface area contributed by atoms with Gasteiger partial charge < -0.3 is 4.57 Å². The van der Waals surface area contributed by atoms with Crippen molar-refractivity contribution in [2.75, 3.05) is 0 Å². The Labute approximate surface area is 135 Å². The Hall–Kier alpha value is -2.67. The Morgan fingerprint density at radius 2 is 2.30 bits per heavy atom. The van der Waals surface area contributed by atoms with E-state index in [1.807, 2.05) is 37.3 Å². The molecule has 1 aromatic heterocycles. The Balaban J connectivity index is 2.14. The fourth-order valence-electron chi connectivity index (χ4n) is 3.36. The molecule has 23 heavy (non-hydrogen) atoms. The summed E-state index contributed by atoms with van der Waals surface area (Å²) in [6, 6.07) is 7.96. The zero-order chi connectivity index (χ0) is 16.4. The van der Waals surface area contributed by atoms with Crippen LogP contribution in [0.15, 0.2) is 47.9 Å². The molecule has 3 rings (SSSR count). The monoisotopic (exact) mass is 307 g/mol. The summed E-state index contributed by atoms with van der Waals surface area (Å²) in [5.41, 5.74) is 4.97. The molecule has 0 unspecified atom stereocenters. The van der Waals surface area contributed by atoms with E-state index in [1.165, 1.54) is 11.3 Å². The van der Waals surface area contributed by atoms with Crippen LogP contribution < -0.4 is 0 Å². The first-order chi connectivity index (χ1) is 11.1. The van der Waals surface area contributed by atoms with Crippen LogP contribution in [0.5, 0.6) is 0 Å². The highest BCUT2D eigenvalue weighted by Crippen LogP contribution is 2.33. The van der Waals surface area contributed by atoms with Crippen LogP contribution >= 0.6 is 0 Å². The summed E-state index contributed by atoms with van der Waals surface area (Å²) in [5.74, 6) is -0.682. The number of allylic oxidation sites excluding steroid dienone is 2. The summed E-state index contributed by atoms with van der Waals surface area (Å²) in [6.45, 7) is 5.62. The second-order valence-corrected chi connectivity index (χ2v) is 5.69. The highest BCUT2D eigenvalue weighted by atomic mass is 19.1. The number of hydrogen-bond donors (Lipinski definition) is 0. The summed E-state index contributed by atoms with van der Waals surface area (Å²) in [4.78, 5) is 3.90. The molecule has 116 valence electrons. The van der Waals surface area contributed by atoms with E-state index in [0.29, 0.717) is 17.8 Å². The quantitative estimate of drug-likeness (QED) is 0.607. The first kappa shape index (κ1) is 15.2. The maximum atomic E-state index is 13.1. The summed E-state index contributed by atoms with van der Waals surface area (Å²) in [6.07, 6.45) is 6.80. The van der Waals surface area contributed by atoms with E-state index in [2.05, 4.69) is 22.2 Å². The van der Waals surface area contributed by atoms with Gasteiger partial charge in [0, 0.05) is 16.6 Å². The SMILES string of the molecule is C=C(F)/N=C(\C=C/C)Cn1c2c(c3cc(C#N)ccc31)CCC2. The van der Waals surface area contributed by atoms with Crippen LogP contribution in [0.3, 0.4) is 0 Å². The van der Waals surface area contributed by atoms with E-state index in [4.69, 9.17) is 5.26 Å². The molecule has 0 aliphatic heterocycles. The van der Waals surface area contributed by atoms with Gasteiger partial charge in [0.15, 0.2) is 0 Å². The van der Waals surface area contributed by atoms with Crippen molar-refractivity contribution in [3.8, 4) is 6.07 Å². The third-order valence-corrected chi connectivity index (χ3v) is 4.20. The van der Waals surface area contributed by atoms with E-state index in [0.717, 1.165) is 30.2 Å². The second kappa shape index (κ2) is 6.21. The molecule has 1 aromatic carbocycles. The van der Waals surface area contributed by atoms with Crippen LogP contribution in [0.2, 0.25) is 0 Å². The minimum atomic E-state index is -0.682. The van der Waals surface area contributed by atoms with Crippen molar-refractivity contribution >= 4 is 16.6 Å². The molecule has 0 fully saturated rings. The highest BCUT2D eigenvalue weighted by molar-refractivity contribution is 5.97. The van der Waals surface area contributed by atoms with E-state index >= 15 is 0 Å². The highest BCUT2D eigenvalue weighted by Gasteiger charge is 2.22. The van der Waals surface area contributed by atoms with Gasteiger partial charge in [-0.05, 0) is 62.6 Å². The van der Waals surface area contributed by atoms with Crippen molar-refractivity contribution < 1.29 is 4.39 Å². The van der Waals surface area contributed by atoms with Crippen LogP contribution in [-0.4, -0.2) is 10.3 Å². The van der Waals surface area contributed by atoms with E-state index < -0.39 is 5.95 Å². The molecule has 0 amide bonds. The van der Waals surface area contributed by atoms with E-state index in [1.54, 1.807) is 0 Å². The Morgan fingerprint density at radius 3 is 3.00 bits per heavy atom. The second-order valence-electron chi connectivity index (χ2n) is 5.69.